The quantitative estimate of drug-likeness (QED) is 0.610. The van der Waals surface area contributed by atoms with Gasteiger partial charge in [-0.15, -0.1) is 0 Å². The number of aromatic nitrogens is 4. The molecule has 0 saturated carbocycles. The maximum absolute atomic E-state index is 13.2. The molecule has 0 amide bonds. The minimum atomic E-state index is -0.293. The van der Waals surface area contributed by atoms with Crippen molar-refractivity contribution in [1.82, 2.24) is 19.9 Å². The lowest BCUT2D eigenvalue weighted by Crippen LogP contribution is -1.90. The smallest absolute Gasteiger partial charge is 0.159 e. The highest BCUT2D eigenvalue weighted by molar-refractivity contribution is 5.79. The van der Waals surface area contributed by atoms with Crippen molar-refractivity contribution in [2.24, 2.45) is 0 Å². The Morgan fingerprint density at radius 2 is 1.64 bits per heavy atom. The zero-order chi connectivity index (χ0) is 14.9. The number of H-pyrrole nitrogens is 1. The van der Waals surface area contributed by atoms with Crippen LogP contribution in [0.2, 0.25) is 0 Å². The van der Waals surface area contributed by atoms with Gasteiger partial charge < -0.3 is 4.98 Å². The number of hydrogen-bond acceptors (Lipinski definition) is 3. The number of nitrogens with one attached hydrogen (secondary N) is 1. The van der Waals surface area contributed by atoms with Crippen LogP contribution in [0.5, 0.6) is 0 Å². The summed E-state index contributed by atoms with van der Waals surface area (Å²) in [6, 6.07) is 14.2. The summed E-state index contributed by atoms with van der Waals surface area (Å²) in [6.45, 7) is 0. The maximum atomic E-state index is 13.2. The number of hydrogen-bond donors (Lipinski definition) is 1. The van der Waals surface area contributed by atoms with Gasteiger partial charge >= 0.3 is 0 Å². The Morgan fingerprint density at radius 1 is 0.864 bits per heavy atom. The van der Waals surface area contributed by atoms with E-state index in [1.165, 1.54) is 12.1 Å². The number of nitrogens with zero attached hydrogens (tertiary/aromatic N) is 3. The van der Waals surface area contributed by atoms with Crippen LogP contribution >= 0.6 is 0 Å². The van der Waals surface area contributed by atoms with Gasteiger partial charge in [-0.2, -0.15) is 0 Å². The second kappa shape index (κ2) is 5.04. The van der Waals surface area contributed by atoms with Crippen LogP contribution in [0.25, 0.3) is 33.8 Å². The van der Waals surface area contributed by atoms with E-state index in [9.17, 15) is 4.39 Å². The monoisotopic (exact) mass is 290 g/mol. The Labute approximate surface area is 125 Å². The molecule has 0 spiro atoms. The first-order valence-corrected chi connectivity index (χ1v) is 6.83. The van der Waals surface area contributed by atoms with Crippen LogP contribution in [0, 0.1) is 5.82 Å². The summed E-state index contributed by atoms with van der Waals surface area (Å²) in [5.74, 6) is 0.991. The zero-order valence-electron chi connectivity index (χ0n) is 11.5. The molecule has 0 fully saturated rings. The molecule has 2 heterocycles. The lowest BCUT2D eigenvalue weighted by molar-refractivity contribution is 0.629. The molecule has 4 rings (SSSR count). The minimum Gasteiger partial charge on any atom is -0.338 e. The zero-order valence-corrected chi connectivity index (χ0v) is 11.5. The first kappa shape index (κ1) is 12.6. The molecule has 4 nitrogen and oxygen atoms in total. The lowest BCUT2D eigenvalue weighted by atomic mass is 10.2. The highest BCUT2D eigenvalue weighted by Gasteiger charge is 2.08. The third-order valence-electron chi connectivity index (χ3n) is 3.40. The Bertz CT molecular complexity index is 930. The van der Waals surface area contributed by atoms with E-state index in [1.54, 1.807) is 18.5 Å². The fraction of sp³-hybridized carbons (Fsp3) is 0. The predicted octanol–water partition coefficient (Wildman–Crippen LogP) is 3.83. The van der Waals surface area contributed by atoms with Gasteiger partial charge in [0.15, 0.2) is 5.82 Å². The van der Waals surface area contributed by atoms with Gasteiger partial charge in [0.1, 0.15) is 11.6 Å². The molecule has 0 aliphatic heterocycles. The predicted molar refractivity (Wildman–Crippen MR) is 82.5 cm³/mol. The summed E-state index contributed by atoms with van der Waals surface area (Å²) in [5.41, 5.74) is 3.09. The largest absolute Gasteiger partial charge is 0.338 e. The van der Waals surface area contributed by atoms with E-state index in [0.717, 1.165) is 11.1 Å². The van der Waals surface area contributed by atoms with Crippen molar-refractivity contribution in [3.63, 3.8) is 0 Å². The average molecular weight is 290 g/mol. The van der Waals surface area contributed by atoms with Crippen LogP contribution in [0.4, 0.5) is 4.39 Å². The summed E-state index contributed by atoms with van der Waals surface area (Å²) in [5, 5.41) is 0. The summed E-state index contributed by atoms with van der Waals surface area (Å²) in [6.07, 6.45) is 3.42. The molecule has 0 bridgehead atoms. The molecule has 5 heteroatoms. The standard InChI is InChI=1S/C17H11FN4/c18-13-6-7-14-15(8-13)22-17(21-14)12-9-19-16(20-10-12)11-4-2-1-3-5-11/h1-10H,(H,21,22). The Balaban J connectivity index is 1.73. The van der Waals surface area contributed by atoms with E-state index >= 15 is 0 Å². The van der Waals surface area contributed by atoms with E-state index in [4.69, 9.17) is 0 Å². The van der Waals surface area contributed by atoms with Crippen LogP contribution in [-0.2, 0) is 0 Å². The second-order valence-corrected chi connectivity index (χ2v) is 4.91. The van der Waals surface area contributed by atoms with E-state index < -0.39 is 0 Å². The normalized spacial score (nSPS) is 11.0. The summed E-state index contributed by atoms with van der Waals surface area (Å²) in [4.78, 5) is 16.2. The van der Waals surface area contributed by atoms with Crippen LogP contribution in [0.1, 0.15) is 0 Å². The Kier molecular flexibility index (Phi) is 2.89. The molecule has 0 unspecified atom stereocenters. The van der Waals surface area contributed by atoms with Crippen molar-refractivity contribution >= 4 is 11.0 Å². The van der Waals surface area contributed by atoms with Crippen molar-refractivity contribution in [2.45, 2.75) is 0 Å². The van der Waals surface area contributed by atoms with Gasteiger partial charge in [-0.1, -0.05) is 30.3 Å². The number of aromatic amines is 1. The SMILES string of the molecule is Fc1ccc2nc(-c3cnc(-c4ccccc4)nc3)[nH]c2c1. The summed E-state index contributed by atoms with van der Waals surface area (Å²) >= 11 is 0. The summed E-state index contributed by atoms with van der Waals surface area (Å²) in [7, 11) is 0. The molecule has 106 valence electrons. The van der Waals surface area contributed by atoms with Gasteiger partial charge in [-0.25, -0.2) is 19.3 Å². The first-order valence-electron chi connectivity index (χ1n) is 6.83. The summed E-state index contributed by atoms with van der Waals surface area (Å²) < 4.78 is 13.2. The highest BCUT2D eigenvalue weighted by atomic mass is 19.1. The molecule has 22 heavy (non-hydrogen) atoms. The van der Waals surface area contributed by atoms with Gasteiger partial charge in [0.25, 0.3) is 0 Å². The van der Waals surface area contributed by atoms with Gasteiger partial charge in [0.05, 0.1) is 16.6 Å². The van der Waals surface area contributed by atoms with Crippen molar-refractivity contribution in [3.8, 4) is 22.8 Å². The maximum Gasteiger partial charge on any atom is 0.159 e. The van der Waals surface area contributed by atoms with Gasteiger partial charge in [-0.05, 0) is 18.2 Å². The van der Waals surface area contributed by atoms with Gasteiger partial charge in [0.2, 0.25) is 0 Å². The molecular formula is C17H11FN4. The first-order chi connectivity index (χ1) is 10.8. The molecule has 0 atom stereocenters. The van der Waals surface area contributed by atoms with Crippen molar-refractivity contribution in [1.29, 1.82) is 0 Å². The van der Waals surface area contributed by atoms with Crippen LogP contribution in [0.15, 0.2) is 60.9 Å². The number of benzene rings is 2. The van der Waals surface area contributed by atoms with Crippen LogP contribution in [0.3, 0.4) is 0 Å². The number of rotatable bonds is 2. The minimum absolute atomic E-state index is 0.293. The second-order valence-electron chi connectivity index (χ2n) is 4.91. The van der Waals surface area contributed by atoms with Crippen molar-refractivity contribution in [3.05, 3.63) is 66.7 Å². The Hall–Kier alpha value is -3.08. The number of halogens is 1. The Morgan fingerprint density at radius 3 is 2.41 bits per heavy atom. The molecule has 4 aromatic rings. The number of fused-ring (bicyclic) bond motifs is 1. The van der Waals surface area contributed by atoms with Crippen molar-refractivity contribution < 1.29 is 4.39 Å². The highest BCUT2D eigenvalue weighted by Crippen LogP contribution is 2.21. The van der Waals surface area contributed by atoms with E-state index in [2.05, 4.69) is 19.9 Å². The van der Waals surface area contributed by atoms with Gasteiger partial charge in [0, 0.05) is 18.0 Å². The van der Waals surface area contributed by atoms with Crippen LogP contribution in [-0.4, -0.2) is 19.9 Å². The third kappa shape index (κ3) is 2.22. The fourth-order valence-corrected chi connectivity index (χ4v) is 2.31. The molecule has 0 aliphatic rings. The van der Waals surface area contributed by atoms with E-state index in [1.807, 2.05) is 30.3 Å². The number of imidazole rings is 1. The molecule has 2 aromatic heterocycles. The topological polar surface area (TPSA) is 54.5 Å². The molecule has 1 N–H and O–H groups in total. The third-order valence-corrected chi connectivity index (χ3v) is 3.40. The molecule has 0 radical (unpaired) electrons. The average Bonchev–Trinajstić information content (AvgIpc) is 2.99. The molecule has 0 aliphatic carbocycles. The van der Waals surface area contributed by atoms with E-state index in [-0.39, 0.29) is 5.82 Å². The fourth-order valence-electron chi connectivity index (χ4n) is 2.31. The van der Waals surface area contributed by atoms with Crippen LogP contribution < -0.4 is 0 Å². The molecule has 2 aromatic carbocycles. The van der Waals surface area contributed by atoms with Gasteiger partial charge in [-0.3, -0.25) is 0 Å². The van der Waals surface area contributed by atoms with E-state index in [0.29, 0.717) is 22.7 Å². The molecular weight excluding hydrogens is 279 g/mol. The van der Waals surface area contributed by atoms with Crippen molar-refractivity contribution in [2.75, 3.05) is 0 Å². The lowest BCUT2D eigenvalue weighted by Gasteiger charge is -2.00. The molecule has 0 saturated heterocycles.